The lowest BCUT2D eigenvalue weighted by Gasteiger charge is -2.38. The zero-order chi connectivity index (χ0) is 12.3. The van der Waals surface area contributed by atoms with Crippen LogP contribution >= 0.6 is 0 Å². The van der Waals surface area contributed by atoms with Crippen molar-refractivity contribution in [3.8, 4) is 0 Å². The van der Waals surface area contributed by atoms with Crippen molar-refractivity contribution < 1.29 is 9.90 Å². The molecule has 1 unspecified atom stereocenters. The second kappa shape index (κ2) is 4.98. The third-order valence-corrected chi connectivity index (χ3v) is 3.47. The number of hydrogen-bond acceptors (Lipinski definition) is 3. The molecule has 1 radical (unpaired) electrons. The van der Waals surface area contributed by atoms with Crippen LogP contribution in [0.4, 0.5) is 0 Å². The van der Waals surface area contributed by atoms with Gasteiger partial charge in [-0.05, 0) is 25.3 Å². The number of aliphatic hydroxyl groups is 1. The van der Waals surface area contributed by atoms with Gasteiger partial charge in [-0.3, -0.25) is 9.69 Å². The van der Waals surface area contributed by atoms with Crippen LogP contribution in [0.5, 0.6) is 0 Å². The van der Waals surface area contributed by atoms with E-state index in [0.717, 1.165) is 18.7 Å². The minimum atomic E-state index is -0.583. The van der Waals surface area contributed by atoms with Gasteiger partial charge in [-0.25, -0.2) is 0 Å². The van der Waals surface area contributed by atoms with E-state index in [1.165, 1.54) is 0 Å². The summed E-state index contributed by atoms with van der Waals surface area (Å²) in [6.45, 7) is 3.33. The van der Waals surface area contributed by atoms with E-state index in [2.05, 4.69) is 11.2 Å². The van der Waals surface area contributed by atoms with Crippen molar-refractivity contribution in [2.45, 2.75) is 31.4 Å². The fourth-order valence-electron chi connectivity index (χ4n) is 2.25. The Hall–Kier alpha value is -1.19. The summed E-state index contributed by atoms with van der Waals surface area (Å²) in [7, 11) is 0. The Morgan fingerprint density at radius 1 is 1.29 bits per heavy atom. The highest BCUT2D eigenvalue weighted by molar-refractivity contribution is 5.62. The third kappa shape index (κ3) is 2.93. The van der Waals surface area contributed by atoms with Crippen LogP contribution in [0, 0.1) is 0 Å². The van der Waals surface area contributed by atoms with Gasteiger partial charge in [0.25, 0.3) is 0 Å². The van der Waals surface area contributed by atoms with Crippen molar-refractivity contribution >= 4 is 6.29 Å². The maximum Gasteiger partial charge on any atom is 0.222 e. The molecule has 1 aromatic carbocycles. The van der Waals surface area contributed by atoms with Gasteiger partial charge in [-0.1, -0.05) is 30.3 Å². The molecule has 1 aliphatic rings. The summed E-state index contributed by atoms with van der Waals surface area (Å²) in [5, 5.41) is 9.89. The van der Waals surface area contributed by atoms with Crippen molar-refractivity contribution in [3.63, 3.8) is 0 Å². The molecule has 17 heavy (non-hydrogen) atoms. The highest BCUT2D eigenvalue weighted by atomic mass is 16.3. The molecule has 0 saturated carbocycles. The minimum absolute atomic E-state index is 0.299. The average molecular weight is 232 g/mol. The first-order valence-corrected chi connectivity index (χ1v) is 6.01. The second-order valence-corrected chi connectivity index (χ2v) is 4.96. The van der Waals surface area contributed by atoms with Crippen molar-refractivity contribution in [2.24, 2.45) is 0 Å². The molecule has 1 heterocycles. The van der Waals surface area contributed by atoms with Crippen molar-refractivity contribution in [1.29, 1.82) is 0 Å². The SMILES string of the molecule is CC1(O)CCN(C([C]=O)c2ccccc2)CC1. The zero-order valence-corrected chi connectivity index (χ0v) is 10.1. The molecule has 0 aromatic heterocycles. The largest absolute Gasteiger partial charge is 0.390 e. The van der Waals surface area contributed by atoms with E-state index in [9.17, 15) is 9.90 Å². The van der Waals surface area contributed by atoms with E-state index < -0.39 is 5.60 Å². The first-order valence-electron chi connectivity index (χ1n) is 6.01. The number of piperidine rings is 1. The van der Waals surface area contributed by atoms with Crippen LogP contribution in [0.3, 0.4) is 0 Å². The first kappa shape index (κ1) is 12.3. The summed E-state index contributed by atoms with van der Waals surface area (Å²) in [4.78, 5) is 13.2. The zero-order valence-electron chi connectivity index (χ0n) is 10.1. The Labute approximate surface area is 102 Å². The van der Waals surface area contributed by atoms with Crippen LogP contribution in [0.25, 0.3) is 0 Å². The molecule has 1 saturated heterocycles. The summed E-state index contributed by atoms with van der Waals surface area (Å²) in [6.07, 6.45) is 3.52. The molecule has 0 amide bonds. The molecular weight excluding hydrogens is 214 g/mol. The molecule has 91 valence electrons. The maximum atomic E-state index is 11.1. The van der Waals surface area contributed by atoms with E-state index in [1.54, 1.807) is 0 Å². The molecule has 0 aliphatic carbocycles. The van der Waals surface area contributed by atoms with Crippen LogP contribution in [0.15, 0.2) is 30.3 Å². The first-order chi connectivity index (χ1) is 8.12. The molecule has 3 heteroatoms. The number of carbonyl (C=O) groups excluding carboxylic acids is 1. The summed E-state index contributed by atoms with van der Waals surface area (Å²) in [5.41, 5.74) is 0.393. The fourth-order valence-corrected chi connectivity index (χ4v) is 2.25. The molecule has 1 atom stereocenters. The van der Waals surface area contributed by atoms with Gasteiger partial charge in [0.05, 0.1) is 5.60 Å². The van der Waals surface area contributed by atoms with Crippen LogP contribution in [0.2, 0.25) is 0 Å². The van der Waals surface area contributed by atoms with Gasteiger partial charge in [-0.2, -0.15) is 0 Å². The molecule has 1 aliphatic heterocycles. The van der Waals surface area contributed by atoms with Gasteiger partial charge in [0.2, 0.25) is 6.29 Å². The second-order valence-electron chi connectivity index (χ2n) is 4.96. The third-order valence-electron chi connectivity index (χ3n) is 3.47. The number of hydrogen-bond donors (Lipinski definition) is 1. The van der Waals surface area contributed by atoms with Crippen LogP contribution < -0.4 is 0 Å². The van der Waals surface area contributed by atoms with Gasteiger partial charge in [-0.15, -0.1) is 0 Å². The van der Waals surface area contributed by atoms with E-state index in [1.807, 2.05) is 37.3 Å². The highest BCUT2D eigenvalue weighted by Crippen LogP contribution is 2.27. The van der Waals surface area contributed by atoms with Gasteiger partial charge in [0.15, 0.2) is 0 Å². The molecule has 1 aromatic rings. The number of nitrogens with zero attached hydrogens (tertiary/aromatic N) is 1. The normalized spacial score (nSPS) is 22.0. The van der Waals surface area contributed by atoms with E-state index in [4.69, 9.17) is 0 Å². The topological polar surface area (TPSA) is 40.5 Å². The van der Waals surface area contributed by atoms with Crippen molar-refractivity contribution in [2.75, 3.05) is 13.1 Å². The summed E-state index contributed by atoms with van der Waals surface area (Å²) >= 11 is 0. The molecule has 1 fully saturated rings. The Balaban J connectivity index is 2.08. The number of likely N-dealkylation sites (tertiary alicyclic amines) is 1. The van der Waals surface area contributed by atoms with E-state index >= 15 is 0 Å². The number of benzene rings is 1. The molecule has 0 bridgehead atoms. The molecule has 1 N–H and O–H groups in total. The van der Waals surface area contributed by atoms with E-state index in [0.29, 0.717) is 12.8 Å². The fraction of sp³-hybridized carbons (Fsp3) is 0.500. The Morgan fingerprint density at radius 3 is 2.41 bits per heavy atom. The molecule has 0 spiro atoms. The summed E-state index contributed by atoms with van der Waals surface area (Å²) in [5.74, 6) is 0. The quantitative estimate of drug-likeness (QED) is 0.862. The molecule has 3 nitrogen and oxygen atoms in total. The predicted molar refractivity (Wildman–Crippen MR) is 66.3 cm³/mol. The lowest BCUT2D eigenvalue weighted by atomic mass is 9.92. The van der Waals surface area contributed by atoms with Crippen molar-refractivity contribution in [1.82, 2.24) is 4.90 Å². The highest BCUT2D eigenvalue weighted by Gasteiger charge is 2.31. The van der Waals surface area contributed by atoms with E-state index in [-0.39, 0.29) is 6.04 Å². The lowest BCUT2D eigenvalue weighted by molar-refractivity contribution is -0.0104. The predicted octanol–water partition coefficient (Wildman–Crippen LogP) is 1.68. The summed E-state index contributed by atoms with van der Waals surface area (Å²) < 4.78 is 0. The standard InChI is InChI=1S/C14H18NO2/c1-14(17)7-9-15(10-8-14)13(11-16)12-5-3-2-4-6-12/h2-6,13,17H,7-10H2,1H3. The van der Waals surface area contributed by atoms with Gasteiger partial charge >= 0.3 is 0 Å². The average Bonchev–Trinajstić information content (AvgIpc) is 2.33. The Kier molecular flexibility index (Phi) is 3.60. The minimum Gasteiger partial charge on any atom is -0.390 e. The smallest absolute Gasteiger partial charge is 0.222 e. The van der Waals surface area contributed by atoms with Crippen molar-refractivity contribution in [3.05, 3.63) is 35.9 Å². The maximum absolute atomic E-state index is 11.1. The van der Waals surface area contributed by atoms with Gasteiger partial charge in [0.1, 0.15) is 6.04 Å². The van der Waals surface area contributed by atoms with Crippen LogP contribution in [-0.2, 0) is 4.79 Å². The summed E-state index contributed by atoms with van der Waals surface area (Å²) in [6, 6.07) is 9.39. The lowest BCUT2D eigenvalue weighted by Crippen LogP contribution is -2.44. The number of rotatable bonds is 3. The molecule has 2 rings (SSSR count). The van der Waals surface area contributed by atoms with Gasteiger partial charge < -0.3 is 5.11 Å². The van der Waals surface area contributed by atoms with Crippen LogP contribution in [-0.4, -0.2) is 35.0 Å². The van der Waals surface area contributed by atoms with Crippen LogP contribution in [0.1, 0.15) is 31.4 Å². The molecular formula is C14H18NO2. The Morgan fingerprint density at radius 2 is 1.88 bits per heavy atom. The van der Waals surface area contributed by atoms with Gasteiger partial charge in [0, 0.05) is 13.1 Å². The Bertz CT molecular complexity index is 365. The monoisotopic (exact) mass is 232 g/mol.